The summed E-state index contributed by atoms with van der Waals surface area (Å²) in [6.45, 7) is 3.73. The third-order valence-corrected chi connectivity index (χ3v) is 3.92. The molecular weight excluding hydrogens is 250 g/mol. The van der Waals surface area contributed by atoms with Gasteiger partial charge in [0.1, 0.15) is 0 Å². The lowest BCUT2D eigenvalue weighted by atomic mass is 9.90. The minimum Gasteiger partial charge on any atom is -0.342 e. The van der Waals surface area contributed by atoms with E-state index in [1.54, 1.807) is 0 Å². The van der Waals surface area contributed by atoms with E-state index in [1.165, 1.54) is 11.6 Å². The molecule has 0 atom stereocenters. The molecule has 0 bridgehead atoms. The molecule has 0 aliphatic carbocycles. The van der Waals surface area contributed by atoms with Gasteiger partial charge in [-0.25, -0.2) is 4.98 Å². The largest absolute Gasteiger partial charge is 0.342 e. The fourth-order valence-electron chi connectivity index (χ4n) is 2.86. The fourth-order valence-corrected chi connectivity index (χ4v) is 2.86. The van der Waals surface area contributed by atoms with Crippen molar-refractivity contribution >= 4 is 5.95 Å². The van der Waals surface area contributed by atoms with E-state index in [0.29, 0.717) is 11.9 Å². The number of nitrogens with zero attached hydrogens (tertiary/aromatic N) is 2. The van der Waals surface area contributed by atoms with Gasteiger partial charge in [-0.05, 0) is 31.2 Å². The summed E-state index contributed by atoms with van der Waals surface area (Å²) in [4.78, 5) is 20.9. The molecule has 104 valence electrons. The van der Waals surface area contributed by atoms with E-state index in [4.69, 9.17) is 0 Å². The Hall–Kier alpha value is -2.10. The van der Waals surface area contributed by atoms with Crippen LogP contribution in [0.1, 0.15) is 30.0 Å². The Morgan fingerprint density at radius 2 is 1.90 bits per heavy atom. The van der Waals surface area contributed by atoms with Gasteiger partial charge >= 0.3 is 0 Å². The average molecular weight is 269 g/mol. The van der Waals surface area contributed by atoms with Crippen molar-refractivity contribution in [2.24, 2.45) is 0 Å². The van der Waals surface area contributed by atoms with Gasteiger partial charge in [0.05, 0.1) is 0 Å². The number of hydrogen-bond acceptors (Lipinski definition) is 3. The Labute approximate surface area is 118 Å². The van der Waals surface area contributed by atoms with Crippen LogP contribution in [-0.2, 0) is 0 Å². The molecule has 0 spiro atoms. The molecule has 4 heteroatoms. The maximum Gasteiger partial charge on any atom is 0.252 e. The predicted octanol–water partition coefficient (Wildman–Crippen LogP) is 2.46. The molecule has 4 nitrogen and oxygen atoms in total. The Morgan fingerprint density at radius 3 is 2.55 bits per heavy atom. The zero-order valence-electron chi connectivity index (χ0n) is 11.7. The molecule has 2 heterocycles. The van der Waals surface area contributed by atoms with Crippen molar-refractivity contribution in [3.8, 4) is 0 Å². The molecule has 1 saturated heterocycles. The van der Waals surface area contributed by atoms with E-state index in [-0.39, 0.29) is 5.56 Å². The van der Waals surface area contributed by atoms with Crippen LogP contribution in [0.2, 0.25) is 0 Å². The highest BCUT2D eigenvalue weighted by atomic mass is 16.1. The van der Waals surface area contributed by atoms with Crippen LogP contribution in [-0.4, -0.2) is 23.1 Å². The molecule has 0 radical (unpaired) electrons. The van der Waals surface area contributed by atoms with Crippen molar-refractivity contribution in [1.29, 1.82) is 0 Å². The molecule has 1 aromatic carbocycles. The first-order chi connectivity index (χ1) is 9.72. The zero-order chi connectivity index (χ0) is 13.9. The van der Waals surface area contributed by atoms with Crippen LogP contribution in [0.15, 0.2) is 41.2 Å². The van der Waals surface area contributed by atoms with Crippen molar-refractivity contribution in [2.45, 2.75) is 25.7 Å². The molecule has 1 aromatic heterocycles. The first-order valence-corrected chi connectivity index (χ1v) is 7.10. The second kappa shape index (κ2) is 5.49. The highest BCUT2D eigenvalue weighted by molar-refractivity contribution is 5.32. The number of hydrogen-bond donors (Lipinski definition) is 1. The minimum atomic E-state index is -0.0716. The summed E-state index contributed by atoms with van der Waals surface area (Å²) in [5, 5.41) is 0. The third-order valence-electron chi connectivity index (χ3n) is 3.92. The maximum atomic E-state index is 11.5. The number of nitrogens with one attached hydrogen (secondary N) is 1. The number of rotatable bonds is 2. The van der Waals surface area contributed by atoms with Crippen molar-refractivity contribution < 1.29 is 0 Å². The lowest BCUT2D eigenvalue weighted by Crippen LogP contribution is -2.35. The number of benzene rings is 1. The molecule has 0 saturated carbocycles. The monoisotopic (exact) mass is 269 g/mol. The Bertz CT molecular complexity index is 628. The van der Waals surface area contributed by atoms with E-state index in [0.717, 1.165) is 31.6 Å². The smallest absolute Gasteiger partial charge is 0.252 e. The normalized spacial score (nSPS) is 16.4. The quantitative estimate of drug-likeness (QED) is 0.911. The number of aromatic amines is 1. The number of H-pyrrole nitrogens is 1. The van der Waals surface area contributed by atoms with Gasteiger partial charge in [0, 0.05) is 24.8 Å². The van der Waals surface area contributed by atoms with Gasteiger partial charge in [-0.15, -0.1) is 0 Å². The lowest BCUT2D eigenvalue weighted by Gasteiger charge is -2.32. The zero-order valence-corrected chi connectivity index (χ0v) is 11.7. The highest BCUT2D eigenvalue weighted by Crippen LogP contribution is 2.28. The topological polar surface area (TPSA) is 49.0 Å². The number of aromatic nitrogens is 2. The van der Waals surface area contributed by atoms with E-state index < -0.39 is 0 Å². The maximum absolute atomic E-state index is 11.5. The SMILES string of the molecule is Cc1cc(=O)[nH]c(N2CCC(c3ccccc3)CC2)n1. The molecule has 0 amide bonds. The van der Waals surface area contributed by atoms with Gasteiger partial charge in [0.2, 0.25) is 5.95 Å². The average Bonchev–Trinajstić information content (AvgIpc) is 2.47. The van der Waals surface area contributed by atoms with Crippen LogP contribution in [0.4, 0.5) is 5.95 Å². The Kier molecular flexibility index (Phi) is 3.54. The fraction of sp³-hybridized carbons (Fsp3) is 0.375. The number of aryl methyl sites for hydroxylation is 1. The van der Waals surface area contributed by atoms with Crippen LogP contribution in [0, 0.1) is 6.92 Å². The van der Waals surface area contributed by atoms with Crippen LogP contribution in [0.5, 0.6) is 0 Å². The lowest BCUT2D eigenvalue weighted by molar-refractivity contribution is 0.499. The van der Waals surface area contributed by atoms with E-state index in [9.17, 15) is 4.79 Å². The molecule has 1 N–H and O–H groups in total. The van der Waals surface area contributed by atoms with E-state index >= 15 is 0 Å². The molecule has 3 rings (SSSR count). The van der Waals surface area contributed by atoms with Gasteiger partial charge in [-0.3, -0.25) is 9.78 Å². The van der Waals surface area contributed by atoms with Gasteiger partial charge in [0.25, 0.3) is 5.56 Å². The molecule has 0 unspecified atom stereocenters. The van der Waals surface area contributed by atoms with Crippen molar-refractivity contribution in [1.82, 2.24) is 9.97 Å². The molecule has 1 fully saturated rings. The number of anilines is 1. The Morgan fingerprint density at radius 1 is 1.20 bits per heavy atom. The summed E-state index contributed by atoms with van der Waals surface area (Å²) in [7, 11) is 0. The summed E-state index contributed by atoms with van der Waals surface area (Å²) in [5.74, 6) is 1.32. The van der Waals surface area contributed by atoms with Crippen LogP contribution >= 0.6 is 0 Å². The van der Waals surface area contributed by atoms with Crippen LogP contribution < -0.4 is 10.5 Å². The van der Waals surface area contributed by atoms with Crippen molar-refractivity contribution in [2.75, 3.05) is 18.0 Å². The molecular formula is C16H19N3O. The van der Waals surface area contributed by atoms with Crippen molar-refractivity contribution in [3.63, 3.8) is 0 Å². The standard InChI is InChI=1S/C16H19N3O/c1-12-11-15(20)18-16(17-12)19-9-7-14(8-10-19)13-5-3-2-4-6-13/h2-6,11,14H,7-10H2,1H3,(H,17,18,20). The first-order valence-electron chi connectivity index (χ1n) is 7.10. The van der Waals surface area contributed by atoms with E-state index in [2.05, 4.69) is 45.2 Å². The summed E-state index contributed by atoms with van der Waals surface area (Å²) in [6, 6.07) is 12.2. The summed E-state index contributed by atoms with van der Waals surface area (Å²) in [6.07, 6.45) is 2.20. The molecule has 20 heavy (non-hydrogen) atoms. The molecule has 1 aliphatic heterocycles. The highest BCUT2D eigenvalue weighted by Gasteiger charge is 2.21. The second-order valence-electron chi connectivity index (χ2n) is 5.38. The van der Waals surface area contributed by atoms with Crippen LogP contribution in [0.25, 0.3) is 0 Å². The Balaban J connectivity index is 1.71. The molecule has 2 aromatic rings. The minimum absolute atomic E-state index is 0.0716. The van der Waals surface area contributed by atoms with Gasteiger partial charge in [-0.2, -0.15) is 0 Å². The van der Waals surface area contributed by atoms with Crippen LogP contribution in [0.3, 0.4) is 0 Å². The summed E-state index contributed by atoms with van der Waals surface area (Å²) < 4.78 is 0. The van der Waals surface area contributed by atoms with Gasteiger partial charge < -0.3 is 4.90 Å². The second-order valence-corrected chi connectivity index (χ2v) is 5.38. The van der Waals surface area contributed by atoms with Crippen molar-refractivity contribution in [3.05, 3.63) is 58.0 Å². The first kappa shape index (κ1) is 12.9. The third kappa shape index (κ3) is 2.74. The van der Waals surface area contributed by atoms with E-state index in [1.807, 2.05) is 6.92 Å². The van der Waals surface area contributed by atoms with Gasteiger partial charge in [-0.1, -0.05) is 30.3 Å². The van der Waals surface area contributed by atoms with Gasteiger partial charge in [0.15, 0.2) is 0 Å². The summed E-state index contributed by atoms with van der Waals surface area (Å²) >= 11 is 0. The molecule has 1 aliphatic rings. The summed E-state index contributed by atoms with van der Waals surface area (Å²) in [5.41, 5.74) is 2.12. The predicted molar refractivity (Wildman–Crippen MR) is 80.2 cm³/mol. The number of piperidine rings is 1.